The summed E-state index contributed by atoms with van der Waals surface area (Å²) in [6.07, 6.45) is 1.23. The van der Waals surface area contributed by atoms with Crippen molar-refractivity contribution in [2.75, 3.05) is 0 Å². The van der Waals surface area contributed by atoms with Crippen molar-refractivity contribution in [3.05, 3.63) is 52.3 Å². The summed E-state index contributed by atoms with van der Waals surface area (Å²) < 4.78 is 5.70. The van der Waals surface area contributed by atoms with Crippen LogP contribution in [0, 0.1) is 23.7 Å². The lowest BCUT2D eigenvalue weighted by Gasteiger charge is -2.25. The Bertz CT molecular complexity index is 937. The van der Waals surface area contributed by atoms with Crippen molar-refractivity contribution < 1.29 is 9.53 Å². The van der Waals surface area contributed by atoms with Gasteiger partial charge >= 0.3 is 5.97 Å². The third kappa shape index (κ3) is 5.67. The number of hydrogen-bond donors (Lipinski definition) is 0. The molecule has 0 aliphatic carbocycles. The maximum atomic E-state index is 13.2. The first-order valence-electron chi connectivity index (χ1n) is 10.1. The van der Waals surface area contributed by atoms with Crippen molar-refractivity contribution in [2.45, 2.75) is 73.8 Å². The van der Waals surface area contributed by atoms with Crippen LogP contribution >= 0.6 is 0 Å². The molecule has 0 fully saturated rings. The van der Waals surface area contributed by atoms with E-state index in [2.05, 4.69) is 26.8 Å². The second kappa shape index (κ2) is 8.37. The van der Waals surface area contributed by atoms with E-state index < -0.39 is 11.6 Å². The zero-order valence-corrected chi connectivity index (χ0v) is 18.9. The largest absolute Gasteiger partial charge is 0.456 e. The number of aromatic nitrogens is 1. The molecule has 29 heavy (non-hydrogen) atoms. The van der Waals surface area contributed by atoms with E-state index in [1.807, 2.05) is 58.9 Å². The minimum atomic E-state index is -0.635. The molecule has 0 spiro atoms. The van der Waals surface area contributed by atoms with Gasteiger partial charge in [-0.15, -0.1) is 0 Å². The van der Waals surface area contributed by atoms with Crippen molar-refractivity contribution in [3.8, 4) is 17.2 Å². The molecule has 4 nitrogen and oxygen atoms in total. The van der Waals surface area contributed by atoms with Gasteiger partial charge in [0, 0.05) is 5.56 Å². The maximum Gasteiger partial charge on any atom is 0.341 e. The monoisotopic (exact) mass is 392 g/mol. The number of ether oxygens (including phenoxy) is 1. The van der Waals surface area contributed by atoms with Gasteiger partial charge in [0.2, 0.25) is 0 Å². The van der Waals surface area contributed by atoms with E-state index in [1.54, 1.807) is 0 Å². The molecular formula is C25H32N2O2. The highest BCUT2D eigenvalue weighted by Crippen LogP contribution is 2.35. The van der Waals surface area contributed by atoms with E-state index in [0.717, 1.165) is 16.8 Å². The lowest BCUT2D eigenvalue weighted by Crippen LogP contribution is -2.26. The second-order valence-electron chi connectivity index (χ2n) is 9.70. The zero-order valence-electron chi connectivity index (χ0n) is 18.9. The van der Waals surface area contributed by atoms with Crippen LogP contribution in [0.15, 0.2) is 24.3 Å². The first-order valence-corrected chi connectivity index (χ1v) is 10.1. The quantitative estimate of drug-likeness (QED) is 0.596. The SMILES string of the molecule is CCc1nc(CC(C)(C)C)c(C#N)c(-c2ccc(C)cc2)c1C(=O)OC(C)(C)C. The normalized spacial score (nSPS) is 11.8. The van der Waals surface area contributed by atoms with Gasteiger partial charge in [-0.25, -0.2) is 4.79 Å². The van der Waals surface area contributed by atoms with Crippen LogP contribution in [0.2, 0.25) is 0 Å². The van der Waals surface area contributed by atoms with E-state index in [0.29, 0.717) is 35.2 Å². The van der Waals surface area contributed by atoms with Crippen molar-refractivity contribution in [1.82, 2.24) is 4.98 Å². The Hall–Kier alpha value is -2.67. The minimum Gasteiger partial charge on any atom is -0.456 e. The number of aryl methyl sites for hydroxylation is 2. The van der Waals surface area contributed by atoms with E-state index >= 15 is 0 Å². The molecule has 1 aromatic heterocycles. The van der Waals surface area contributed by atoms with Gasteiger partial charge in [0.05, 0.1) is 22.5 Å². The van der Waals surface area contributed by atoms with Gasteiger partial charge in [0.15, 0.2) is 0 Å². The van der Waals surface area contributed by atoms with E-state index in [4.69, 9.17) is 9.72 Å². The summed E-state index contributed by atoms with van der Waals surface area (Å²) >= 11 is 0. The van der Waals surface area contributed by atoms with Gasteiger partial charge in [0.25, 0.3) is 0 Å². The number of carbonyl (C=O) groups is 1. The third-order valence-corrected chi connectivity index (χ3v) is 4.43. The number of carbonyl (C=O) groups excluding carboxylic acids is 1. The average Bonchev–Trinajstić information content (AvgIpc) is 2.58. The Morgan fingerprint density at radius 2 is 1.66 bits per heavy atom. The summed E-state index contributed by atoms with van der Waals surface area (Å²) in [5, 5.41) is 10.1. The number of pyridine rings is 1. The van der Waals surface area contributed by atoms with Crippen molar-refractivity contribution in [1.29, 1.82) is 5.26 Å². The average molecular weight is 393 g/mol. The van der Waals surface area contributed by atoms with Gasteiger partial charge < -0.3 is 4.74 Å². The van der Waals surface area contributed by atoms with E-state index in [9.17, 15) is 10.1 Å². The smallest absolute Gasteiger partial charge is 0.341 e. The van der Waals surface area contributed by atoms with Gasteiger partial charge in [-0.2, -0.15) is 5.26 Å². The van der Waals surface area contributed by atoms with Crippen molar-refractivity contribution in [3.63, 3.8) is 0 Å². The molecule has 0 unspecified atom stereocenters. The zero-order chi connectivity index (χ0) is 22.0. The lowest BCUT2D eigenvalue weighted by atomic mass is 9.85. The van der Waals surface area contributed by atoms with Crippen LogP contribution in [-0.4, -0.2) is 16.6 Å². The number of hydrogen-bond acceptors (Lipinski definition) is 4. The fraction of sp³-hybridized carbons (Fsp3) is 0.480. The topological polar surface area (TPSA) is 63.0 Å². The molecule has 4 heteroatoms. The van der Waals surface area contributed by atoms with Gasteiger partial charge in [-0.05, 0) is 51.5 Å². The highest BCUT2D eigenvalue weighted by molar-refractivity contribution is 6.00. The Balaban J connectivity index is 2.88. The summed E-state index contributed by atoms with van der Waals surface area (Å²) in [5.41, 5.74) is 4.18. The Labute approximate surface area is 174 Å². The Morgan fingerprint density at radius 3 is 2.10 bits per heavy atom. The van der Waals surface area contributed by atoms with Crippen LogP contribution in [0.25, 0.3) is 11.1 Å². The predicted octanol–water partition coefficient (Wildman–Crippen LogP) is 6.04. The van der Waals surface area contributed by atoms with Crippen LogP contribution in [0.1, 0.15) is 81.3 Å². The fourth-order valence-corrected chi connectivity index (χ4v) is 3.25. The molecule has 1 aromatic carbocycles. The molecule has 1 heterocycles. The summed E-state index contributed by atoms with van der Waals surface area (Å²) in [6, 6.07) is 10.2. The van der Waals surface area contributed by atoms with Gasteiger partial charge in [-0.3, -0.25) is 4.98 Å². The minimum absolute atomic E-state index is 0.0401. The summed E-state index contributed by atoms with van der Waals surface area (Å²) in [6.45, 7) is 15.9. The first kappa shape index (κ1) is 22.6. The third-order valence-electron chi connectivity index (χ3n) is 4.43. The molecule has 0 bridgehead atoms. The predicted molar refractivity (Wildman–Crippen MR) is 117 cm³/mol. The molecule has 154 valence electrons. The van der Waals surface area contributed by atoms with Gasteiger partial charge in [0.1, 0.15) is 11.7 Å². The van der Waals surface area contributed by atoms with E-state index in [-0.39, 0.29) is 5.41 Å². The fourth-order valence-electron chi connectivity index (χ4n) is 3.25. The number of nitrogens with zero attached hydrogens (tertiary/aromatic N) is 2. The Kier molecular flexibility index (Phi) is 6.53. The molecule has 0 aliphatic rings. The molecule has 0 radical (unpaired) electrons. The summed E-state index contributed by atoms with van der Waals surface area (Å²) in [5.74, 6) is -0.434. The molecular weight excluding hydrogens is 360 g/mol. The number of rotatable bonds is 4. The maximum absolute atomic E-state index is 13.2. The highest BCUT2D eigenvalue weighted by Gasteiger charge is 2.29. The van der Waals surface area contributed by atoms with Gasteiger partial charge in [-0.1, -0.05) is 57.5 Å². The molecule has 0 saturated heterocycles. The second-order valence-corrected chi connectivity index (χ2v) is 9.70. The lowest BCUT2D eigenvalue weighted by molar-refractivity contribution is 0.00687. The first-order chi connectivity index (χ1) is 13.4. The number of benzene rings is 1. The Morgan fingerprint density at radius 1 is 1.07 bits per heavy atom. The summed E-state index contributed by atoms with van der Waals surface area (Å²) in [4.78, 5) is 18.0. The highest BCUT2D eigenvalue weighted by atomic mass is 16.6. The van der Waals surface area contributed by atoms with E-state index in [1.165, 1.54) is 0 Å². The molecule has 2 rings (SSSR count). The van der Waals surface area contributed by atoms with Crippen LogP contribution in [-0.2, 0) is 17.6 Å². The van der Waals surface area contributed by atoms with Crippen LogP contribution in [0.5, 0.6) is 0 Å². The van der Waals surface area contributed by atoms with Crippen LogP contribution in [0.3, 0.4) is 0 Å². The molecule has 0 amide bonds. The van der Waals surface area contributed by atoms with Crippen LogP contribution < -0.4 is 0 Å². The number of esters is 1. The van der Waals surface area contributed by atoms with Crippen LogP contribution in [0.4, 0.5) is 0 Å². The number of nitriles is 1. The summed E-state index contributed by atoms with van der Waals surface area (Å²) in [7, 11) is 0. The molecule has 0 N–H and O–H groups in total. The molecule has 0 saturated carbocycles. The molecule has 0 aliphatic heterocycles. The molecule has 2 aromatic rings. The molecule has 0 atom stereocenters. The standard InChI is InChI=1S/C25H32N2O2/c1-9-19-22(23(28)29-25(6,7)8)21(17-12-10-16(2)11-13-17)18(15-26)20(27-19)14-24(3,4)5/h10-13H,9,14H2,1-8H3. The van der Waals surface area contributed by atoms with Crippen molar-refractivity contribution in [2.24, 2.45) is 5.41 Å². The van der Waals surface area contributed by atoms with Crippen molar-refractivity contribution >= 4 is 5.97 Å².